The van der Waals surface area contributed by atoms with E-state index in [9.17, 15) is 9.90 Å². The molecule has 0 aromatic carbocycles. The second kappa shape index (κ2) is 7.05. The maximum atomic E-state index is 11.4. The topological polar surface area (TPSA) is 79.1 Å². The van der Waals surface area contributed by atoms with E-state index in [1.807, 2.05) is 25.1 Å². The number of nitrogens with zero attached hydrogens (tertiary/aromatic N) is 3. The van der Waals surface area contributed by atoms with Gasteiger partial charge in [-0.2, -0.15) is 0 Å². The van der Waals surface area contributed by atoms with Crippen molar-refractivity contribution in [3.63, 3.8) is 0 Å². The third-order valence-corrected chi connectivity index (χ3v) is 2.95. The van der Waals surface area contributed by atoms with Crippen molar-refractivity contribution in [2.45, 2.75) is 0 Å². The molecule has 2 aromatic heterocycles. The molecule has 0 bridgehead atoms. The zero-order valence-corrected chi connectivity index (χ0v) is 12.2. The van der Waals surface area contributed by atoms with Crippen LogP contribution in [-0.4, -0.2) is 65.8 Å². The molecular weight excluding hydrogens is 272 g/mol. The Balaban J connectivity index is 1.95. The minimum absolute atomic E-state index is 0.138. The number of aromatic carboxylic acids is 1. The number of carboxylic acid groups (broad SMARTS) is 1. The number of hydrogen-bond acceptors (Lipinski definition) is 5. The standard InChI is InChI=1S/C14H20N4O3/c1-17(2)8-10-21-9-6-15-13-12(14(19)20)18-7-4-3-5-11(18)16-13/h3-5,7,15H,6,8-10H2,1-2H3,(H,19,20). The number of rotatable bonds is 8. The predicted octanol–water partition coefficient (Wildman–Crippen LogP) is 1.02. The number of fused-ring (bicyclic) bond motifs is 1. The molecular formula is C14H20N4O3. The molecule has 2 aromatic rings. The van der Waals surface area contributed by atoms with Crippen LogP contribution in [0.4, 0.5) is 5.82 Å². The molecule has 0 unspecified atom stereocenters. The van der Waals surface area contributed by atoms with Gasteiger partial charge >= 0.3 is 5.97 Å². The average molecular weight is 292 g/mol. The van der Waals surface area contributed by atoms with Crippen LogP contribution in [0, 0.1) is 0 Å². The first-order chi connectivity index (χ1) is 10.1. The van der Waals surface area contributed by atoms with E-state index in [1.165, 1.54) is 0 Å². The van der Waals surface area contributed by atoms with Crippen LogP contribution in [0.3, 0.4) is 0 Å². The molecule has 0 amide bonds. The van der Waals surface area contributed by atoms with E-state index >= 15 is 0 Å². The predicted molar refractivity (Wildman–Crippen MR) is 80.0 cm³/mol. The minimum Gasteiger partial charge on any atom is -0.476 e. The van der Waals surface area contributed by atoms with Gasteiger partial charge in [0, 0.05) is 19.3 Å². The molecule has 0 radical (unpaired) electrons. The highest BCUT2D eigenvalue weighted by molar-refractivity contribution is 5.92. The first kappa shape index (κ1) is 15.3. The summed E-state index contributed by atoms with van der Waals surface area (Å²) in [7, 11) is 3.97. The zero-order chi connectivity index (χ0) is 15.2. The van der Waals surface area contributed by atoms with E-state index in [-0.39, 0.29) is 5.69 Å². The van der Waals surface area contributed by atoms with Gasteiger partial charge in [0.2, 0.25) is 0 Å². The number of carboxylic acids is 1. The van der Waals surface area contributed by atoms with Crippen molar-refractivity contribution in [2.75, 3.05) is 45.7 Å². The molecule has 0 saturated carbocycles. The number of pyridine rings is 1. The van der Waals surface area contributed by atoms with Crippen molar-refractivity contribution in [3.05, 3.63) is 30.1 Å². The summed E-state index contributed by atoms with van der Waals surface area (Å²) in [6.07, 6.45) is 1.69. The summed E-state index contributed by atoms with van der Waals surface area (Å²) < 4.78 is 7.01. The van der Waals surface area contributed by atoms with Crippen molar-refractivity contribution < 1.29 is 14.6 Å². The average Bonchev–Trinajstić information content (AvgIpc) is 2.80. The number of aromatic nitrogens is 2. The SMILES string of the molecule is CN(C)CCOCCNc1nc2ccccn2c1C(=O)O. The smallest absolute Gasteiger partial charge is 0.356 e. The molecule has 0 saturated heterocycles. The largest absolute Gasteiger partial charge is 0.476 e. The summed E-state index contributed by atoms with van der Waals surface area (Å²) in [5.41, 5.74) is 0.741. The highest BCUT2D eigenvalue weighted by atomic mass is 16.5. The fourth-order valence-corrected chi connectivity index (χ4v) is 1.91. The number of ether oxygens (including phenoxy) is 1. The van der Waals surface area contributed by atoms with Gasteiger partial charge in [-0.05, 0) is 26.2 Å². The molecule has 21 heavy (non-hydrogen) atoms. The Hall–Kier alpha value is -2.12. The third-order valence-electron chi connectivity index (χ3n) is 2.95. The van der Waals surface area contributed by atoms with E-state index in [0.717, 1.165) is 6.54 Å². The van der Waals surface area contributed by atoms with Crippen LogP contribution in [0.1, 0.15) is 10.5 Å². The number of carbonyl (C=O) groups is 1. The van der Waals surface area contributed by atoms with Crippen LogP contribution in [0.2, 0.25) is 0 Å². The second-order valence-electron chi connectivity index (χ2n) is 4.89. The fraction of sp³-hybridized carbons (Fsp3) is 0.429. The summed E-state index contributed by atoms with van der Waals surface area (Å²) in [4.78, 5) is 17.7. The summed E-state index contributed by atoms with van der Waals surface area (Å²) in [6, 6.07) is 5.36. The molecule has 0 aliphatic rings. The van der Waals surface area contributed by atoms with Crippen LogP contribution in [0.15, 0.2) is 24.4 Å². The van der Waals surface area contributed by atoms with Gasteiger partial charge in [-0.25, -0.2) is 9.78 Å². The molecule has 2 rings (SSSR count). The number of imidazole rings is 1. The van der Waals surface area contributed by atoms with Crippen molar-refractivity contribution >= 4 is 17.4 Å². The molecule has 0 aliphatic heterocycles. The third kappa shape index (κ3) is 3.93. The van der Waals surface area contributed by atoms with Crippen LogP contribution in [0.5, 0.6) is 0 Å². The van der Waals surface area contributed by atoms with Gasteiger partial charge in [0.25, 0.3) is 0 Å². The maximum Gasteiger partial charge on any atom is 0.356 e. The molecule has 0 atom stereocenters. The van der Waals surface area contributed by atoms with Crippen LogP contribution in [-0.2, 0) is 4.74 Å². The van der Waals surface area contributed by atoms with Crippen molar-refractivity contribution in [2.24, 2.45) is 0 Å². The zero-order valence-electron chi connectivity index (χ0n) is 12.2. The van der Waals surface area contributed by atoms with Gasteiger partial charge < -0.3 is 20.1 Å². The molecule has 7 nitrogen and oxygen atoms in total. The molecule has 0 spiro atoms. The van der Waals surface area contributed by atoms with Crippen LogP contribution < -0.4 is 5.32 Å². The molecule has 0 aliphatic carbocycles. The Morgan fingerprint density at radius 1 is 1.43 bits per heavy atom. The number of likely N-dealkylation sites (N-methyl/N-ethyl adjacent to an activating group) is 1. The number of anilines is 1. The van der Waals surface area contributed by atoms with Crippen molar-refractivity contribution in [3.8, 4) is 0 Å². The van der Waals surface area contributed by atoms with Gasteiger partial charge in [0.1, 0.15) is 5.65 Å². The second-order valence-corrected chi connectivity index (χ2v) is 4.89. The number of nitrogens with one attached hydrogen (secondary N) is 1. The molecule has 114 valence electrons. The lowest BCUT2D eigenvalue weighted by Crippen LogP contribution is -2.20. The molecule has 2 heterocycles. The highest BCUT2D eigenvalue weighted by Gasteiger charge is 2.17. The van der Waals surface area contributed by atoms with E-state index in [2.05, 4.69) is 10.3 Å². The Labute approximate surface area is 123 Å². The summed E-state index contributed by atoms with van der Waals surface area (Å²) in [5.74, 6) is -0.644. The minimum atomic E-state index is -1.01. The molecule has 2 N–H and O–H groups in total. The highest BCUT2D eigenvalue weighted by Crippen LogP contribution is 2.17. The normalized spacial score (nSPS) is 11.2. The van der Waals surface area contributed by atoms with Crippen molar-refractivity contribution in [1.29, 1.82) is 0 Å². The number of hydrogen-bond donors (Lipinski definition) is 2. The van der Waals surface area contributed by atoms with E-state index < -0.39 is 5.97 Å². The Morgan fingerprint density at radius 3 is 2.95 bits per heavy atom. The summed E-state index contributed by atoms with van der Waals surface area (Å²) in [5, 5.41) is 12.3. The van der Waals surface area contributed by atoms with E-state index in [0.29, 0.717) is 31.2 Å². The Kier molecular flexibility index (Phi) is 5.13. The first-order valence-corrected chi connectivity index (χ1v) is 6.76. The summed E-state index contributed by atoms with van der Waals surface area (Å²) in [6.45, 7) is 2.51. The lowest BCUT2D eigenvalue weighted by atomic mass is 10.4. The molecule has 7 heteroatoms. The van der Waals surface area contributed by atoms with Gasteiger partial charge in [-0.3, -0.25) is 4.40 Å². The van der Waals surface area contributed by atoms with Gasteiger partial charge in [-0.1, -0.05) is 6.07 Å². The van der Waals surface area contributed by atoms with Gasteiger partial charge in [0.15, 0.2) is 11.5 Å². The van der Waals surface area contributed by atoms with Crippen molar-refractivity contribution in [1.82, 2.24) is 14.3 Å². The van der Waals surface area contributed by atoms with Gasteiger partial charge in [0.05, 0.1) is 13.2 Å². The first-order valence-electron chi connectivity index (χ1n) is 6.76. The van der Waals surface area contributed by atoms with Crippen LogP contribution >= 0.6 is 0 Å². The fourth-order valence-electron chi connectivity index (χ4n) is 1.91. The summed E-state index contributed by atoms with van der Waals surface area (Å²) >= 11 is 0. The van der Waals surface area contributed by atoms with Gasteiger partial charge in [-0.15, -0.1) is 0 Å². The Bertz CT molecular complexity index is 609. The monoisotopic (exact) mass is 292 g/mol. The van der Waals surface area contributed by atoms with E-state index in [4.69, 9.17) is 4.74 Å². The maximum absolute atomic E-state index is 11.4. The van der Waals surface area contributed by atoms with E-state index in [1.54, 1.807) is 22.7 Å². The lowest BCUT2D eigenvalue weighted by molar-refractivity contribution is 0.0690. The van der Waals surface area contributed by atoms with Crippen LogP contribution in [0.25, 0.3) is 5.65 Å². The quantitative estimate of drug-likeness (QED) is 0.707. The Morgan fingerprint density at radius 2 is 2.24 bits per heavy atom. The molecule has 0 fully saturated rings. The lowest BCUT2D eigenvalue weighted by Gasteiger charge is -2.10.